The first-order valence-electron chi connectivity index (χ1n) is 6.30. The molecule has 1 rings (SSSR count). The maximum Gasteiger partial charge on any atom is 0.271 e. The molecule has 1 amide bonds. The van der Waals surface area contributed by atoms with E-state index in [-0.39, 0.29) is 5.91 Å². The van der Waals surface area contributed by atoms with Gasteiger partial charge in [-0.2, -0.15) is 0 Å². The van der Waals surface area contributed by atoms with Gasteiger partial charge in [-0.15, -0.1) is 0 Å². The van der Waals surface area contributed by atoms with Crippen LogP contribution in [-0.2, 0) is 0 Å². The SMILES string of the molecule is CCN(CC)CCCNC(=O)c1ncccc1Br. The summed E-state index contributed by atoms with van der Waals surface area (Å²) in [6.45, 7) is 8.08. The van der Waals surface area contributed by atoms with E-state index in [1.165, 1.54) is 0 Å². The van der Waals surface area contributed by atoms with E-state index >= 15 is 0 Å². The molecule has 0 radical (unpaired) electrons. The second kappa shape index (κ2) is 8.21. The van der Waals surface area contributed by atoms with E-state index < -0.39 is 0 Å². The summed E-state index contributed by atoms with van der Waals surface area (Å²) in [5.41, 5.74) is 0.445. The molecule has 5 heteroatoms. The van der Waals surface area contributed by atoms with E-state index in [1.54, 1.807) is 12.3 Å². The summed E-state index contributed by atoms with van der Waals surface area (Å²) in [5.74, 6) is -0.123. The summed E-state index contributed by atoms with van der Waals surface area (Å²) < 4.78 is 0.728. The molecule has 0 unspecified atom stereocenters. The van der Waals surface area contributed by atoms with Gasteiger partial charge in [-0.1, -0.05) is 13.8 Å². The molecular weight excluding hydrogens is 294 g/mol. The number of carbonyl (C=O) groups is 1. The van der Waals surface area contributed by atoms with E-state index in [4.69, 9.17) is 0 Å². The summed E-state index contributed by atoms with van der Waals surface area (Å²) in [4.78, 5) is 18.2. The fourth-order valence-electron chi connectivity index (χ4n) is 1.68. The lowest BCUT2D eigenvalue weighted by Gasteiger charge is -2.17. The number of pyridine rings is 1. The van der Waals surface area contributed by atoms with Crippen molar-refractivity contribution in [2.45, 2.75) is 20.3 Å². The lowest BCUT2D eigenvalue weighted by atomic mass is 10.3. The van der Waals surface area contributed by atoms with E-state index in [0.717, 1.165) is 30.5 Å². The van der Waals surface area contributed by atoms with E-state index in [0.29, 0.717) is 12.2 Å². The molecule has 0 aromatic carbocycles. The summed E-state index contributed by atoms with van der Waals surface area (Å²) >= 11 is 3.32. The summed E-state index contributed by atoms with van der Waals surface area (Å²) in [6, 6.07) is 3.61. The number of amides is 1. The Labute approximate surface area is 117 Å². The van der Waals surface area contributed by atoms with Crippen LogP contribution >= 0.6 is 15.9 Å². The number of nitrogens with zero attached hydrogens (tertiary/aromatic N) is 2. The molecule has 1 aromatic heterocycles. The highest BCUT2D eigenvalue weighted by molar-refractivity contribution is 9.10. The molecule has 0 saturated heterocycles. The fourth-order valence-corrected chi connectivity index (χ4v) is 2.12. The summed E-state index contributed by atoms with van der Waals surface area (Å²) in [5, 5.41) is 2.89. The quantitative estimate of drug-likeness (QED) is 0.786. The van der Waals surface area contributed by atoms with Crippen LogP contribution in [0.5, 0.6) is 0 Å². The lowest BCUT2D eigenvalue weighted by molar-refractivity contribution is 0.0946. The Balaban J connectivity index is 2.32. The molecule has 0 aliphatic heterocycles. The molecule has 0 atom stereocenters. The molecule has 1 aromatic rings. The van der Waals surface area contributed by atoms with Crippen LogP contribution in [0.2, 0.25) is 0 Å². The number of halogens is 1. The van der Waals surface area contributed by atoms with Gasteiger partial charge in [0.1, 0.15) is 5.69 Å². The first-order valence-corrected chi connectivity index (χ1v) is 7.09. The summed E-state index contributed by atoms with van der Waals surface area (Å²) in [6.07, 6.45) is 2.58. The third kappa shape index (κ3) is 4.74. The highest BCUT2D eigenvalue weighted by Crippen LogP contribution is 2.12. The zero-order valence-electron chi connectivity index (χ0n) is 10.9. The highest BCUT2D eigenvalue weighted by atomic mass is 79.9. The van der Waals surface area contributed by atoms with Crippen LogP contribution < -0.4 is 5.32 Å². The number of rotatable bonds is 7. The molecule has 0 aliphatic carbocycles. The Morgan fingerprint density at radius 1 is 1.44 bits per heavy atom. The zero-order chi connectivity index (χ0) is 13.4. The van der Waals surface area contributed by atoms with Gasteiger partial charge in [0.15, 0.2) is 0 Å². The minimum Gasteiger partial charge on any atom is -0.351 e. The fraction of sp³-hybridized carbons (Fsp3) is 0.538. The number of hydrogen-bond acceptors (Lipinski definition) is 3. The largest absolute Gasteiger partial charge is 0.351 e. The van der Waals surface area contributed by atoms with Crippen LogP contribution in [0.15, 0.2) is 22.8 Å². The molecule has 18 heavy (non-hydrogen) atoms. The number of aromatic nitrogens is 1. The molecule has 0 aliphatic rings. The van der Waals surface area contributed by atoms with E-state index in [1.807, 2.05) is 6.07 Å². The van der Waals surface area contributed by atoms with Crippen molar-refractivity contribution in [3.05, 3.63) is 28.5 Å². The Bertz CT molecular complexity index is 380. The minimum atomic E-state index is -0.123. The summed E-state index contributed by atoms with van der Waals surface area (Å²) in [7, 11) is 0. The average molecular weight is 314 g/mol. The third-order valence-electron chi connectivity index (χ3n) is 2.80. The van der Waals surface area contributed by atoms with Crippen LogP contribution in [0.25, 0.3) is 0 Å². The maximum atomic E-state index is 11.8. The molecule has 100 valence electrons. The van der Waals surface area contributed by atoms with Gasteiger partial charge in [-0.25, -0.2) is 4.98 Å². The van der Waals surface area contributed by atoms with Gasteiger partial charge < -0.3 is 10.2 Å². The van der Waals surface area contributed by atoms with Crippen molar-refractivity contribution >= 4 is 21.8 Å². The Morgan fingerprint density at radius 2 is 2.17 bits per heavy atom. The standard InChI is InChI=1S/C13H20BrN3O/c1-3-17(4-2)10-6-9-16-13(18)12-11(14)7-5-8-15-12/h5,7-8H,3-4,6,9-10H2,1-2H3,(H,16,18). The van der Waals surface area contributed by atoms with Crippen molar-refractivity contribution in [3.8, 4) is 0 Å². The Kier molecular flexibility index (Phi) is 6.90. The average Bonchev–Trinajstić information content (AvgIpc) is 2.39. The molecule has 4 nitrogen and oxygen atoms in total. The normalized spacial score (nSPS) is 10.7. The first-order chi connectivity index (χ1) is 8.69. The van der Waals surface area contributed by atoms with Crippen LogP contribution in [-0.4, -0.2) is 42.0 Å². The van der Waals surface area contributed by atoms with Crippen LogP contribution in [0.3, 0.4) is 0 Å². The lowest BCUT2D eigenvalue weighted by Crippen LogP contribution is -2.30. The van der Waals surface area contributed by atoms with Gasteiger partial charge in [0.2, 0.25) is 0 Å². The molecule has 0 fully saturated rings. The van der Waals surface area contributed by atoms with Crippen molar-refractivity contribution in [2.75, 3.05) is 26.2 Å². The van der Waals surface area contributed by atoms with Crippen molar-refractivity contribution in [2.24, 2.45) is 0 Å². The smallest absolute Gasteiger partial charge is 0.271 e. The third-order valence-corrected chi connectivity index (χ3v) is 3.44. The van der Waals surface area contributed by atoms with Crippen molar-refractivity contribution in [1.29, 1.82) is 0 Å². The van der Waals surface area contributed by atoms with Gasteiger partial charge in [-0.05, 0) is 54.1 Å². The number of nitrogens with one attached hydrogen (secondary N) is 1. The minimum absolute atomic E-state index is 0.123. The van der Waals surface area contributed by atoms with Crippen molar-refractivity contribution in [3.63, 3.8) is 0 Å². The van der Waals surface area contributed by atoms with E-state index in [2.05, 4.69) is 45.0 Å². The second-order valence-corrected chi connectivity index (χ2v) is 4.82. The number of hydrogen-bond donors (Lipinski definition) is 1. The van der Waals surface area contributed by atoms with Gasteiger partial charge in [-0.3, -0.25) is 4.79 Å². The predicted octanol–water partition coefficient (Wildman–Crippen LogP) is 2.31. The molecule has 1 heterocycles. The van der Waals surface area contributed by atoms with Gasteiger partial charge in [0, 0.05) is 17.2 Å². The Hall–Kier alpha value is -0.940. The zero-order valence-corrected chi connectivity index (χ0v) is 12.5. The topological polar surface area (TPSA) is 45.2 Å². The molecule has 1 N–H and O–H groups in total. The van der Waals surface area contributed by atoms with Gasteiger partial charge in [0.25, 0.3) is 5.91 Å². The molecular formula is C13H20BrN3O. The van der Waals surface area contributed by atoms with Crippen LogP contribution in [0.4, 0.5) is 0 Å². The first kappa shape index (κ1) is 15.1. The molecule has 0 spiro atoms. The van der Waals surface area contributed by atoms with Crippen LogP contribution in [0.1, 0.15) is 30.8 Å². The van der Waals surface area contributed by atoms with Gasteiger partial charge >= 0.3 is 0 Å². The number of carbonyl (C=O) groups excluding carboxylic acids is 1. The predicted molar refractivity (Wildman–Crippen MR) is 76.7 cm³/mol. The van der Waals surface area contributed by atoms with Gasteiger partial charge in [0.05, 0.1) is 0 Å². The van der Waals surface area contributed by atoms with Crippen molar-refractivity contribution < 1.29 is 4.79 Å². The Morgan fingerprint density at radius 3 is 2.78 bits per heavy atom. The van der Waals surface area contributed by atoms with Crippen LogP contribution in [0, 0.1) is 0 Å². The molecule has 0 saturated carbocycles. The van der Waals surface area contributed by atoms with Crippen molar-refractivity contribution in [1.82, 2.24) is 15.2 Å². The monoisotopic (exact) mass is 313 g/mol. The molecule has 0 bridgehead atoms. The highest BCUT2D eigenvalue weighted by Gasteiger charge is 2.10. The second-order valence-electron chi connectivity index (χ2n) is 3.97. The van der Waals surface area contributed by atoms with E-state index in [9.17, 15) is 4.79 Å². The maximum absolute atomic E-state index is 11.8.